The highest BCUT2D eigenvalue weighted by atomic mass is 79.9. The molecule has 0 spiro atoms. The number of aliphatic carboxylic acids is 1. The van der Waals surface area contributed by atoms with Crippen molar-refractivity contribution in [2.24, 2.45) is 5.73 Å². The first-order valence-corrected chi connectivity index (χ1v) is 8.17. The van der Waals surface area contributed by atoms with Gasteiger partial charge >= 0.3 is 5.97 Å². The molecule has 7 heteroatoms. The molecule has 1 aromatic rings. The highest BCUT2D eigenvalue weighted by Gasteiger charge is 2.37. The standard InChI is InChI=1S/C12H14BrNO4S/c13-9-5-7(6-10(14)12(15)16)1-4-11(9)19(17,18)8-2-3-8/h1,4-5,8,10H,2-3,6,14H2,(H,15,16). The average molecular weight is 348 g/mol. The topological polar surface area (TPSA) is 97.5 Å². The molecule has 2 rings (SSSR count). The number of sulfone groups is 1. The van der Waals surface area contributed by atoms with Crippen LogP contribution in [0.4, 0.5) is 0 Å². The summed E-state index contributed by atoms with van der Waals surface area (Å²) in [5.41, 5.74) is 6.14. The van der Waals surface area contributed by atoms with Gasteiger partial charge in [-0.05, 0) is 52.9 Å². The lowest BCUT2D eigenvalue weighted by molar-refractivity contribution is -0.138. The first kappa shape index (κ1) is 14.5. The van der Waals surface area contributed by atoms with Crippen LogP contribution in [0.3, 0.4) is 0 Å². The van der Waals surface area contributed by atoms with Crippen molar-refractivity contribution in [1.82, 2.24) is 0 Å². The first-order valence-electron chi connectivity index (χ1n) is 5.83. The molecule has 5 nitrogen and oxygen atoms in total. The summed E-state index contributed by atoms with van der Waals surface area (Å²) in [6.07, 6.45) is 1.58. The van der Waals surface area contributed by atoms with E-state index in [0.29, 0.717) is 22.9 Å². The van der Waals surface area contributed by atoms with Gasteiger partial charge in [0.25, 0.3) is 0 Å². The van der Waals surface area contributed by atoms with Gasteiger partial charge in [-0.1, -0.05) is 6.07 Å². The van der Waals surface area contributed by atoms with Gasteiger partial charge < -0.3 is 10.8 Å². The van der Waals surface area contributed by atoms with Crippen LogP contribution >= 0.6 is 15.9 Å². The number of hydrogen-bond donors (Lipinski definition) is 2. The summed E-state index contributed by atoms with van der Waals surface area (Å²) in [6, 6.07) is 3.76. The van der Waals surface area contributed by atoms with Gasteiger partial charge in [-0.3, -0.25) is 4.79 Å². The van der Waals surface area contributed by atoms with Gasteiger partial charge in [-0.25, -0.2) is 8.42 Å². The van der Waals surface area contributed by atoms with Gasteiger partial charge in [0, 0.05) is 4.47 Å². The van der Waals surface area contributed by atoms with E-state index in [2.05, 4.69) is 15.9 Å². The van der Waals surface area contributed by atoms with E-state index >= 15 is 0 Å². The number of hydrogen-bond acceptors (Lipinski definition) is 4. The van der Waals surface area contributed by atoms with Crippen LogP contribution in [-0.4, -0.2) is 30.8 Å². The van der Waals surface area contributed by atoms with Crippen molar-refractivity contribution in [2.75, 3.05) is 0 Å². The molecular formula is C12H14BrNO4S. The first-order chi connectivity index (χ1) is 8.82. The quantitative estimate of drug-likeness (QED) is 0.837. The Hall–Kier alpha value is -0.920. The number of nitrogens with two attached hydrogens (primary N) is 1. The number of rotatable bonds is 5. The SMILES string of the molecule is NC(Cc1ccc(S(=O)(=O)C2CC2)c(Br)c1)C(=O)O. The largest absolute Gasteiger partial charge is 0.480 e. The van der Waals surface area contributed by atoms with Crippen LogP contribution in [0.5, 0.6) is 0 Å². The summed E-state index contributed by atoms with van der Waals surface area (Å²) in [5.74, 6) is -1.08. The highest BCUT2D eigenvalue weighted by molar-refractivity contribution is 9.10. The van der Waals surface area contributed by atoms with Crippen molar-refractivity contribution >= 4 is 31.7 Å². The maximum atomic E-state index is 12.1. The third-order valence-corrected chi connectivity index (χ3v) is 6.28. The lowest BCUT2D eigenvalue weighted by Crippen LogP contribution is -2.32. The van der Waals surface area contributed by atoms with Crippen LogP contribution in [-0.2, 0) is 21.1 Å². The molecule has 3 N–H and O–H groups in total. The van der Waals surface area contributed by atoms with Crippen molar-refractivity contribution in [3.05, 3.63) is 28.2 Å². The molecule has 104 valence electrons. The minimum absolute atomic E-state index is 0.164. The summed E-state index contributed by atoms with van der Waals surface area (Å²) < 4.78 is 24.7. The molecule has 0 aliphatic heterocycles. The molecule has 1 aliphatic carbocycles. The molecule has 0 radical (unpaired) electrons. The predicted octanol–water partition coefficient (Wildman–Crippen LogP) is 1.34. The van der Waals surface area contributed by atoms with E-state index < -0.39 is 21.8 Å². The van der Waals surface area contributed by atoms with Crippen molar-refractivity contribution in [3.63, 3.8) is 0 Å². The molecule has 0 heterocycles. The number of carbonyl (C=O) groups is 1. The maximum absolute atomic E-state index is 12.1. The van der Waals surface area contributed by atoms with E-state index in [-0.39, 0.29) is 16.6 Å². The van der Waals surface area contributed by atoms with E-state index in [1.165, 1.54) is 6.07 Å². The number of halogens is 1. The molecule has 1 unspecified atom stereocenters. The molecule has 1 fully saturated rings. The lowest BCUT2D eigenvalue weighted by atomic mass is 10.1. The normalized spacial score (nSPS) is 17.2. The number of benzene rings is 1. The van der Waals surface area contributed by atoms with Gasteiger partial charge in [-0.2, -0.15) is 0 Å². The predicted molar refractivity (Wildman–Crippen MR) is 73.7 cm³/mol. The monoisotopic (exact) mass is 347 g/mol. The number of carboxylic acids is 1. The van der Waals surface area contributed by atoms with Gasteiger partial charge in [0.15, 0.2) is 9.84 Å². The molecule has 0 saturated heterocycles. The Balaban J connectivity index is 2.25. The fraction of sp³-hybridized carbons (Fsp3) is 0.417. The Morgan fingerprint density at radius 3 is 2.58 bits per heavy atom. The summed E-state index contributed by atoms with van der Waals surface area (Å²) in [7, 11) is -3.25. The van der Waals surface area contributed by atoms with E-state index in [0.717, 1.165) is 0 Å². The fourth-order valence-electron chi connectivity index (χ4n) is 1.80. The Bertz CT molecular complexity index is 610. The fourth-order valence-corrected chi connectivity index (χ4v) is 4.61. The van der Waals surface area contributed by atoms with Crippen LogP contribution in [0.1, 0.15) is 18.4 Å². The Morgan fingerprint density at radius 1 is 1.47 bits per heavy atom. The average Bonchev–Trinajstić information content (AvgIpc) is 3.12. The summed E-state index contributed by atoms with van der Waals surface area (Å²) >= 11 is 3.24. The molecule has 0 aromatic heterocycles. The zero-order valence-electron chi connectivity index (χ0n) is 10.0. The van der Waals surface area contributed by atoms with Crippen LogP contribution < -0.4 is 5.73 Å². The van der Waals surface area contributed by atoms with E-state index in [4.69, 9.17) is 10.8 Å². The van der Waals surface area contributed by atoms with Gasteiger partial charge in [0.05, 0.1) is 10.1 Å². The highest BCUT2D eigenvalue weighted by Crippen LogP contribution is 2.36. The Morgan fingerprint density at radius 2 is 2.11 bits per heavy atom. The van der Waals surface area contributed by atoms with Crippen molar-refractivity contribution in [1.29, 1.82) is 0 Å². The third-order valence-electron chi connectivity index (χ3n) is 3.04. The van der Waals surface area contributed by atoms with E-state index in [1.54, 1.807) is 12.1 Å². The zero-order valence-corrected chi connectivity index (χ0v) is 12.4. The second-order valence-electron chi connectivity index (χ2n) is 4.66. The second kappa shape index (κ2) is 5.22. The molecule has 1 saturated carbocycles. The Labute approximate surface area is 119 Å². The molecular weight excluding hydrogens is 334 g/mol. The minimum atomic E-state index is -3.25. The van der Waals surface area contributed by atoms with Crippen LogP contribution in [0.15, 0.2) is 27.6 Å². The molecule has 1 aliphatic rings. The number of carboxylic acid groups (broad SMARTS) is 1. The molecule has 1 atom stereocenters. The molecule has 0 amide bonds. The zero-order chi connectivity index (χ0) is 14.2. The summed E-state index contributed by atoms with van der Waals surface area (Å²) in [6.45, 7) is 0. The minimum Gasteiger partial charge on any atom is -0.480 e. The summed E-state index contributed by atoms with van der Waals surface area (Å²) in [5, 5.41) is 8.48. The lowest BCUT2D eigenvalue weighted by Gasteiger charge is -2.10. The molecule has 19 heavy (non-hydrogen) atoms. The smallest absolute Gasteiger partial charge is 0.320 e. The second-order valence-corrected chi connectivity index (χ2v) is 7.71. The van der Waals surface area contributed by atoms with Crippen LogP contribution in [0.25, 0.3) is 0 Å². The van der Waals surface area contributed by atoms with Crippen LogP contribution in [0, 0.1) is 0 Å². The van der Waals surface area contributed by atoms with Gasteiger partial charge in [0.1, 0.15) is 6.04 Å². The third kappa shape index (κ3) is 3.16. The molecule has 0 bridgehead atoms. The maximum Gasteiger partial charge on any atom is 0.320 e. The van der Waals surface area contributed by atoms with Crippen molar-refractivity contribution < 1.29 is 18.3 Å². The van der Waals surface area contributed by atoms with Crippen molar-refractivity contribution in [3.8, 4) is 0 Å². The molecule has 1 aromatic carbocycles. The summed E-state index contributed by atoms with van der Waals surface area (Å²) in [4.78, 5) is 10.9. The Kier molecular flexibility index (Phi) is 3.98. The van der Waals surface area contributed by atoms with E-state index in [9.17, 15) is 13.2 Å². The van der Waals surface area contributed by atoms with Gasteiger partial charge in [-0.15, -0.1) is 0 Å². The van der Waals surface area contributed by atoms with E-state index in [1.807, 2.05) is 0 Å². The van der Waals surface area contributed by atoms with Gasteiger partial charge in [0.2, 0.25) is 0 Å². The van der Waals surface area contributed by atoms with Crippen molar-refractivity contribution in [2.45, 2.75) is 35.4 Å². The van der Waals surface area contributed by atoms with Crippen LogP contribution in [0.2, 0.25) is 0 Å².